The lowest BCUT2D eigenvalue weighted by atomic mass is 9.97. The van der Waals surface area contributed by atoms with Crippen LogP contribution in [0.3, 0.4) is 0 Å². The van der Waals surface area contributed by atoms with Crippen LogP contribution in [0.5, 0.6) is 0 Å². The molecule has 7 heteroatoms. The molecule has 1 aromatic heterocycles. The van der Waals surface area contributed by atoms with Gasteiger partial charge in [0.05, 0.1) is 12.1 Å². The van der Waals surface area contributed by atoms with Crippen LogP contribution in [0.4, 0.5) is 8.78 Å². The zero-order chi connectivity index (χ0) is 16.6. The summed E-state index contributed by atoms with van der Waals surface area (Å²) in [6.45, 7) is 1.60. The standard InChI is InChI=1S/C16H17F2N3O2/c1-16(9-22,10-5-6-10)19-15(23)13-7-8-21(20-13)14-11(17)3-2-4-12(14)18/h2-4,7-8,10,22H,5-6,9H2,1H3,(H,19,23). The molecule has 1 heterocycles. The maximum atomic E-state index is 13.8. The lowest BCUT2D eigenvalue weighted by Crippen LogP contribution is -2.50. The lowest BCUT2D eigenvalue weighted by Gasteiger charge is -2.28. The molecule has 2 aromatic rings. The number of hydrogen-bond donors (Lipinski definition) is 2. The highest BCUT2D eigenvalue weighted by Gasteiger charge is 2.42. The van der Waals surface area contributed by atoms with Crippen molar-refractivity contribution in [2.24, 2.45) is 5.92 Å². The Morgan fingerprint density at radius 1 is 1.39 bits per heavy atom. The van der Waals surface area contributed by atoms with Crippen molar-refractivity contribution >= 4 is 5.91 Å². The highest BCUT2D eigenvalue weighted by atomic mass is 19.1. The third-order valence-corrected chi connectivity index (χ3v) is 4.19. The number of hydrogen-bond acceptors (Lipinski definition) is 3. The molecule has 1 amide bonds. The Hall–Kier alpha value is -2.28. The Morgan fingerprint density at radius 3 is 2.61 bits per heavy atom. The van der Waals surface area contributed by atoms with Crippen LogP contribution >= 0.6 is 0 Å². The van der Waals surface area contributed by atoms with E-state index in [1.807, 2.05) is 0 Å². The number of nitrogens with one attached hydrogen (secondary N) is 1. The van der Waals surface area contributed by atoms with Crippen molar-refractivity contribution in [1.29, 1.82) is 0 Å². The van der Waals surface area contributed by atoms with Crippen LogP contribution in [0.25, 0.3) is 5.69 Å². The number of aromatic nitrogens is 2. The second-order valence-electron chi connectivity index (χ2n) is 6.02. The van der Waals surface area contributed by atoms with E-state index >= 15 is 0 Å². The number of benzene rings is 1. The van der Waals surface area contributed by atoms with Gasteiger partial charge in [-0.25, -0.2) is 13.5 Å². The number of para-hydroxylation sites is 1. The number of aliphatic hydroxyl groups is 1. The number of halogens is 2. The fourth-order valence-electron chi connectivity index (χ4n) is 2.59. The van der Waals surface area contributed by atoms with E-state index in [-0.39, 0.29) is 23.9 Å². The minimum atomic E-state index is -0.766. The molecule has 1 atom stereocenters. The van der Waals surface area contributed by atoms with E-state index in [1.54, 1.807) is 6.92 Å². The normalized spacial score (nSPS) is 16.9. The molecule has 23 heavy (non-hydrogen) atoms. The maximum Gasteiger partial charge on any atom is 0.272 e. The van der Waals surface area contributed by atoms with Crippen LogP contribution in [0.1, 0.15) is 30.3 Å². The van der Waals surface area contributed by atoms with Gasteiger partial charge in [0.2, 0.25) is 0 Å². The maximum absolute atomic E-state index is 13.8. The van der Waals surface area contributed by atoms with Crippen LogP contribution in [0.2, 0.25) is 0 Å². The Bertz CT molecular complexity index is 722. The molecular formula is C16H17F2N3O2. The molecular weight excluding hydrogens is 304 g/mol. The van der Waals surface area contributed by atoms with Crippen molar-refractivity contribution in [2.45, 2.75) is 25.3 Å². The van der Waals surface area contributed by atoms with Crippen LogP contribution in [0.15, 0.2) is 30.5 Å². The molecule has 5 nitrogen and oxygen atoms in total. The topological polar surface area (TPSA) is 67.2 Å². The van der Waals surface area contributed by atoms with Crippen molar-refractivity contribution in [2.75, 3.05) is 6.61 Å². The minimum absolute atomic E-state index is 0.0352. The van der Waals surface area contributed by atoms with E-state index in [2.05, 4.69) is 10.4 Å². The van der Waals surface area contributed by atoms with E-state index in [9.17, 15) is 18.7 Å². The second-order valence-corrected chi connectivity index (χ2v) is 6.02. The molecule has 1 aromatic carbocycles. The number of amides is 1. The summed E-state index contributed by atoms with van der Waals surface area (Å²) in [4.78, 5) is 12.3. The van der Waals surface area contributed by atoms with Crippen molar-refractivity contribution in [3.63, 3.8) is 0 Å². The summed E-state index contributed by atoms with van der Waals surface area (Å²) in [6, 6.07) is 4.88. The van der Waals surface area contributed by atoms with Gasteiger partial charge in [0.25, 0.3) is 5.91 Å². The molecule has 1 fully saturated rings. The molecule has 0 spiro atoms. The average molecular weight is 321 g/mol. The summed E-state index contributed by atoms with van der Waals surface area (Å²) in [6.07, 6.45) is 3.22. The highest BCUT2D eigenvalue weighted by Crippen LogP contribution is 2.39. The SMILES string of the molecule is CC(CO)(NC(=O)c1ccn(-c2c(F)cccc2F)n1)C1CC1. The van der Waals surface area contributed by atoms with Gasteiger partial charge in [-0.15, -0.1) is 0 Å². The molecule has 0 radical (unpaired) electrons. The zero-order valence-corrected chi connectivity index (χ0v) is 12.6. The molecule has 122 valence electrons. The number of nitrogens with zero attached hydrogens (tertiary/aromatic N) is 2. The molecule has 0 saturated heterocycles. The summed E-state index contributed by atoms with van der Waals surface area (Å²) in [5.74, 6) is -1.78. The molecule has 0 aliphatic heterocycles. The molecule has 1 aliphatic carbocycles. The van der Waals surface area contributed by atoms with E-state index in [1.165, 1.54) is 18.3 Å². The summed E-state index contributed by atoms with van der Waals surface area (Å²) in [5, 5.41) is 16.2. The summed E-state index contributed by atoms with van der Waals surface area (Å²) < 4.78 is 28.5. The van der Waals surface area contributed by atoms with Crippen molar-refractivity contribution in [1.82, 2.24) is 15.1 Å². The summed E-state index contributed by atoms with van der Waals surface area (Å²) in [5.41, 5.74) is -1.00. The van der Waals surface area contributed by atoms with Crippen LogP contribution in [0, 0.1) is 17.6 Å². The van der Waals surface area contributed by atoms with Gasteiger partial charge in [0, 0.05) is 6.20 Å². The Kier molecular flexibility index (Phi) is 3.89. The van der Waals surface area contributed by atoms with E-state index in [0.717, 1.165) is 29.7 Å². The first-order valence-corrected chi connectivity index (χ1v) is 7.38. The fourth-order valence-corrected chi connectivity index (χ4v) is 2.59. The first-order chi connectivity index (χ1) is 10.9. The second kappa shape index (κ2) is 5.73. The van der Waals surface area contributed by atoms with E-state index in [0.29, 0.717) is 0 Å². The number of aliphatic hydroxyl groups excluding tert-OH is 1. The van der Waals surface area contributed by atoms with Crippen molar-refractivity contribution in [3.05, 3.63) is 47.8 Å². The smallest absolute Gasteiger partial charge is 0.272 e. The van der Waals surface area contributed by atoms with Gasteiger partial charge in [0.15, 0.2) is 17.3 Å². The van der Waals surface area contributed by atoms with Gasteiger partial charge < -0.3 is 10.4 Å². The molecule has 3 rings (SSSR count). The fraction of sp³-hybridized carbons (Fsp3) is 0.375. The Balaban J connectivity index is 1.83. The molecule has 1 aliphatic rings. The third kappa shape index (κ3) is 2.96. The predicted octanol–water partition coefficient (Wildman–Crippen LogP) is 2.04. The van der Waals surface area contributed by atoms with Gasteiger partial charge in [-0.3, -0.25) is 4.79 Å². The van der Waals surface area contributed by atoms with Gasteiger partial charge in [0.1, 0.15) is 5.69 Å². The molecule has 1 unspecified atom stereocenters. The lowest BCUT2D eigenvalue weighted by molar-refractivity contribution is 0.0819. The molecule has 1 saturated carbocycles. The first kappa shape index (κ1) is 15.6. The van der Waals surface area contributed by atoms with E-state index < -0.39 is 23.1 Å². The predicted molar refractivity (Wildman–Crippen MR) is 79.2 cm³/mol. The number of carbonyl (C=O) groups is 1. The van der Waals surface area contributed by atoms with Gasteiger partial charge >= 0.3 is 0 Å². The zero-order valence-electron chi connectivity index (χ0n) is 12.6. The molecule has 0 bridgehead atoms. The summed E-state index contributed by atoms with van der Waals surface area (Å²) in [7, 11) is 0. The van der Waals surface area contributed by atoms with Gasteiger partial charge in [-0.2, -0.15) is 5.10 Å². The first-order valence-electron chi connectivity index (χ1n) is 7.38. The Labute approximate surface area is 131 Å². The quantitative estimate of drug-likeness (QED) is 0.885. The van der Waals surface area contributed by atoms with Gasteiger partial charge in [-0.1, -0.05) is 6.07 Å². The van der Waals surface area contributed by atoms with Crippen molar-refractivity contribution < 1.29 is 18.7 Å². The van der Waals surface area contributed by atoms with Gasteiger partial charge in [-0.05, 0) is 43.9 Å². The summed E-state index contributed by atoms with van der Waals surface area (Å²) >= 11 is 0. The number of carbonyl (C=O) groups excluding carboxylic acids is 1. The Morgan fingerprint density at radius 2 is 2.04 bits per heavy atom. The van der Waals surface area contributed by atoms with E-state index in [4.69, 9.17) is 0 Å². The van der Waals surface area contributed by atoms with Crippen LogP contribution in [-0.2, 0) is 0 Å². The average Bonchev–Trinajstić information content (AvgIpc) is 3.27. The van der Waals surface area contributed by atoms with Crippen LogP contribution < -0.4 is 5.32 Å². The minimum Gasteiger partial charge on any atom is -0.394 e. The molecule has 2 N–H and O–H groups in total. The van der Waals surface area contributed by atoms with Crippen LogP contribution in [-0.4, -0.2) is 32.9 Å². The van der Waals surface area contributed by atoms with Crippen molar-refractivity contribution in [3.8, 4) is 5.69 Å². The third-order valence-electron chi connectivity index (χ3n) is 4.19. The monoisotopic (exact) mass is 321 g/mol. The largest absolute Gasteiger partial charge is 0.394 e. The number of rotatable bonds is 5. The highest BCUT2D eigenvalue weighted by molar-refractivity contribution is 5.92.